The number of methoxy groups -OCH3 is 1. The molecule has 0 unspecified atom stereocenters. The van der Waals surface area contributed by atoms with Crippen molar-refractivity contribution in [3.63, 3.8) is 0 Å². The average molecular weight is 356 g/mol. The van der Waals surface area contributed by atoms with Gasteiger partial charge in [-0.05, 0) is 52.7 Å². The monoisotopic (exact) mass is 355 g/mol. The van der Waals surface area contributed by atoms with Crippen LogP contribution in [-0.2, 0) is 11.3 Å². The third kappa shape index (κ3) is 4.64. The van der Waals surface area contributed by atoms with Crippen molar-refractivity contribution in [3.05, 3.63) is 71.2 Å². The molecule has 1 N–H and O–H groups in total. The Balaban J connectivity index is 1.55. The molecule has 0 aliphatic heterocycles. The summed E-state index contributed by atoms with van der Waals surface area (Å²) < 4.78 is 10.6. The summed E-state index contributed by atoms with van der Waals surface area (Å²) in [6.45, 7) is 0.394. The van der Waals surface area contributed by atoms with Crippen molar-refractivity contribution in [3.8, 4) is 11.5 Å². The van der Waals surface area contributed by atoms with Gasteiger partial charge < -0.3 is 14.8 Å². The molecule has 25 heavy (non-hydrogen) atoms. The number of fused-ring (bicyclic) bond motifs is 1. The molecule has 0 fully saturated rings. The Hall–Kier alpha value is -2.72. The maximum Gasteiger partial charge on any atom is 0.258 e. The van der Waals surface area contributed by atoms with Crippen molar-refractivity contribution in [2.24, 2.45) is 0 Å². The zero-order chi connectivity index (χ0) is 17.6. The molecule has 4 nitrogen and oxygen atoms in total. The van der Waals surface area contributed by atoms with Crippen LogP contribution in [0.4, 0.5) is 0 Å². The predicted molar refractivity (Wildman–Crippen MR) is 99.3 cm³/mol. The summed E-state index contributed by atoms with van der Waals surface area (Å²) in [6, 6.07) is 18.9. The summed E-state index contributed by atoms with van der Waals surface area (Å²) in [5.74, 6) is 1.21. The second-order valence-electron chi connectivity index (χ2n) is 5.57. The van der Waals surface area contributed by atoms with Gasteiger partial charge in [0.2, 0.25) is 0 Å². The van der Waals surface area contributed by atoms with E-state index in [9.17, 15) is 4.79 Å². The maximum absolute atomic E-state index is 11.9. The molecule has 5 heteroatoms. The van der Waals surface area contributed by atoms with Crippen LogP contribution in [-0.4, -0.2) is 19.6 Å². The smallest absolute Gasteiger partial charge is 0.258 e. The molecule has 0 saturated heterocycles. The largest absolute Gasteiger partial charge is 0.497 e. The second-order valence-corrected chi connectivity index (χ2v) is 6.01. The standard InChI is InChI=1S/C20H18ClNO3/c1-24-18-8-7-15-9-14(5-6-16(15)10-18)12-22-20(23)13-25-19-4-2-3-17(21)11-19/h2-11H,12-13H2,1H3,(H,22,23). The lowest BCUT2D eigenvalue weighted by Crippen LogP contribution is -2.28. The van der Waals surface area contributed by atoms with Gasteiger partial charge in [-0.1, -0.05) is 35.9 Å². The summed E-state index contributed by atoms with van der Waals surface area (Å²) in [7, 11) is 1.65. The minimum atomic E-state index is -0.185. The number of nitrogens with one attached hydrogen (secondary N) is 1. The van der Waals surface area contributed by atoms with E-state index >= 15 is 0 Å². The number of hydrogen-bond donors (Lipinski definition) is 1. The highest BCUT2D eigenvalue weighted by atomic mass is 35.5. The number of carbonyl (C=O) groups excluding carboxylic acids is 1. The van der Waals surface area contributed by atoms with Crippen LogP contribution >= 0.6 is 11.6 Å². The number of ether oxygens (including phenoxy) is 2. The number of amides is 1. The highest BCUT2D eigenvalue weighted by Crippen LogP contribution is 2.22. The van der Waals surface area contributed by atoms with Gasteiger partial charge in [-0.3, -0.25) is 4.79 Å². The Bertz CT molecular complexity index is 895. The van der Waals surface area contributed by atoms with E-state index in [0.29, 0.717) is 17.3 Å². The zero-order valence-electron chi connectivity index (χ0n) is 13.8. The normalized spacial score (nSPS) is 10.5. The van der Waals surface area contributed by atoms with Crippen LogP contribution in [0.25, 0.3) is 10.8 Å². The molecule has 0 atom stereocenters. The number of hydrogen-bond acceptors (Lipinski definition) is 3. The fraction of sp³-hybridized carbons (Fsp3) is 0.150. The van der Waals surface area contributed by atoms with Gasteiger partial charge in [0.15, 0.2) is 6.61 Å². The fourth-order valence-corrected chi connectivity index (χ4v) is 2.65. The Morgan fingerprint density at radius 3 is 2.60 bits per heavy atom. The molecule has 0 aromatic heterocycles. The minimum Gasteiger partial charge on any atom is -0.497 e. The van der Waals surface area contributed by atoms with Gasteiger partial charge in [-0.25, -0.2) is 0 Å². The molecule has 1 amide bonds. The lowest BCUT2D eigenvalue weighted by Gasteiger charge is -2.09. The van der Waals surface area contributed by atoms with Crippen LogP contribution < -0.4 is 14.8 Å². The van der Waals surface area contributed by atoms with E-state index in [1.54, 1.807) is 31.4 Å². The van der Waals surface area contributed by atoms with Gasteiger partial charge >= 0.3 is 0 Å². The van der Waals surface area contributed by atoms with Crippen LogP contribution in [0.5, 0.6) is 11.5 Å². The molecule has 3 aromatic rings. The molecule has 0 aliphatic rings. The average Bonchev–Trinajstić information content (AvgIpc) is 2.64. The van der Waals surface area contributed by atoms with Crippen molar-refractivity contribution in [1.29, 1.82) is 0 Å². The molecule has 0 radical (unpaired) electrons. The van der Waals surface area contributed by atoms with E-state index < -0.39 is 0 Å². The molecule has 0 saturated carbocycles. The van der Waals surface area contributed by atoms with E-state index in [-0.39, 0.29) is 12.5 Å². The third-order valence-corrected chi connectivity index (χ3v) is 4.00. The summed E-state index contributed by atoms with van der Waals surface area (Å²) in [5.41, 5.74) is 1.02. The SMILES string of the molecule is COc1ccc2cc(CNC(=O)COc3cccc(Cl)c3)ccc2c1. The van der Waals surface area contributed by atoms with E-state index in [1.165, 1.54) is 0 Å². The number of rotatable bonds is 6. The van der Waals surface area contributed by atoms with Crippen LogP contribution in [0.2, 0.25) is 5.02 Å². The first-order valence-electron chi connectivity index (χ1n) is 7.86. The molecule has 0 aliphatic carbocycles. The van der Waals surface area contributed by atoms with Gasteiger partial charge in [0.1, 0.15) is 11.5 Å². The summed E-state index contributed by atoms with van der Waals surface area (Å²) in [4.78, 5) is 11.9. The number of carbonyl (C=O) groups is 1. The fourth-order valence-electron chi connectivity index (χ4n) is 2.47. The Morgan fingerprint density at radius 2 is 1.80 bits per heavy atom. The van der Waals surface area contributed by atoms with E-state index in [4.69, 9.17) is 21.1 Å². The van der Waals surface area contributed by atoms with Crippen molar-refractivity contribution in [2.45, 2.75) is 6.54 Å². The van der Waals surface area contributed by atoms with Gasteiger partial charge in [-0.2, -0.15) is 0 Å². The van der Waals surface area contributed by atoms with Gasteiger partial charge in [0.25, 0.3) is 5.91 Å². The van der Waals surface area contributed by atoms with Crippen LogP contribution in [0.1, 0.15) is 5.56 Å². The Morgan fingerprint density at radius 1 is 1.00 bits per heavy atom. The molecule has 128 valence electrons. The lowest BCUT2D eigenvalue weighted by atomic mass is 10.1. The molecule has 3 aromatic carbocycles. The van der Waals surface area contributed by atoms with E-state index in [1.807, 2.05) is 36.4 Å². The second kappa shape index (κ2) is 7.90. The number of benzene rings is 3. The molecule has 3 rings (SSSR count). The Labute approximate surface area is 151 Å². The highest BCUT2D eigenvalue weighted by molar-refractivity contribution is 6.30. The molecule has 0 spiro atoms. The first kappa shape index (κ1) is 17.1. The molecule has 0 heterocycles. The molecular formula is C20H18ClNO3. The van der Waals surface area contributed by atoms with E-state index in [0.717, 1.165) is 22.1 Å². The van der Waals surface area contributed by atoms with Gasteiger partial charge in [0, 0.05) is 11.6 Å². The van der Waals surface area contributed by atoms with Crippen molar-refractivity contribution < 1.29 is 14.3 Å². The third-order valence-electron chi connectivity index (χ3n) is 3.77. The topological polar surface area (TPSA) is 47.6 Å². The van der Waals surface area contributed by atoms with Crippen LogP contribution in [0.15, 0.2) is 60.7 Å². The first-order chi connectivity index (χ1) is 12.1. The van der Waals surface area contributed by atoms with E-state index in [2.05, 4.69) is 5.32 Å². The van der Waals surface area contributed by atoms with Gasteiger partial charge in [-0.15, -0.1) is 0 Å². The number of halogens is 1. The zero-order valence-corrected chi connectivity index (χ0v) is 14.5. The summed E-state index contributed by atoms with van der Waals surface area (Å²) in [6.07, 6.45) is 0. The van der Waals surface area contributed by atoms with Gasteiger partial charge in [0.05, 0.1) is 7.11 Å². The quantitative estimate of drug-likeness (QED) is 0.721. The Kier molecular flexibility index (Phi) is 5.41. The van der Waals surface area contributed by atoms with Crippen molar-refractivity contribution >= 4 is 28.3 Å². The van der Waals surface area contributed by atoms with Crippen LogP contribution in [0, 0.1) is 0 Å². The molecular weight excluding hydrogens is 338 g/mol. The van der Waals surface area contributed by atoms with Crippen molar-refractivity contribution in [1.82, 2.24) is 5.32 Å². The maximum atomic E-state index is 11.9. The summed E-state index contributed by atoms with van der Waals surface area (Å²) in [5, 5.41) is 5.62. The first-order valence-corrected chi connectivity index (χ1v) is 8.23. The predicted octanol–water partition coefficient (Wildman–Crippen LogP) is 4.20. The summed E-state index contributed by atoms with van der Waals surface area (Å²) >= 11 is 5.88. The lowest BCUT2D eigenvalue weighted by molar-refractivity contribution is -0.123. The highest BCUT2D eigenvalue weighted by Gasteiger charge is 2.04. The molecule has 0 bridgehead atoms. The van der Waals surface area contributed by atoms with Crippen LogP contribution in [0.3, 0.4) is 0 Å². The minimum absolute atomic E-state index is 0.0505. The van der Waals surface area contributed by atoms with Crippen molar-refractivity contribution in [2.75, 3.05) is 13.7 Å².